The third-order valence-electron chi connectivity index (χ3n) is 5.01. The molecular formula is C18H26N2O. The standard InChI is InChI=1S/C18H26N2O/c1-2-18(21)19-13-14-6-7-15-8-10-20(17-4-3-5-17)11-9-16(15)12-14/h6-7,12,17H,2-5,8-11,13H2,1H3,(H,19,21). The van der Waals surface area contributed by atoms with Crippen LogP contribution >= 0.6 is 0 Å². The highest BCUT2D eigenvalue weighted by Gasteiger charge is 2.26. The van der Waals surface area contributed by atoms with Crippen molar-refractivity contribution in [3.8, 4) is 0 Å². The maximum atomic E-state index is 11.4. The second kappa shape index (κ2) is 6.61. The van der Waals surface area contributed by atoms with Crippen LogP contribution in [0.2, 0.25) is 0 Å². The Morgan fingerprint density at radius 1 is 1.24 bits per heavy atom. The Morgan fingerprint density at radius 3 is 2.67 bits per heavy atom. The fourth-order valence-electron chi connectivity index (χ4n) is 3.35. The van der Waals surface area contributed by atoms with Gasteiger partial charge in [0.1, 0.15) is 0 Å². The first kappa shape index (κ1) is 14.6. The second-order valence-electron chi connectivity index (χ2n) is 6.35. The average molecular weight is 286 g/mol. The number of amides is 1. The minimum absolute atomic E-state index is 0.126. The minimum atomic E-state index is 0.126. The van der Waals surface area contributed by atoms with E-state index in [2.05, 4.69) is 28.4 Å². The highest BCUT2D eigenvalue weighted by Crippen LogP contribution is 2.27. The molecule has 0 aromatic heterocycles. The van der Waals surface area contributed by atoms with Crippen LogP contribution in [0.15, 0.2) is 18.2 Å². The van der Waals surface area contributed by atoms with Crippen molar-refractivity contribution in [2.75, 3.05) is 13.1 Å². The van der Waals surface area contributed by atoms with Gasteiger partial charge in [0, 0.05) is 32.1 Å². The maximum absolute atomic E-state index is 11.4. The van der Waals surface area contributed by atoms with Crippen molar-refractivity contribution in [1.29, 1.82) is 0 Å². The molecule has 1 amide bonds. The topological polar surface area (TPSA) is 32.3 Å². The van der Waals surface area contributed by atoms with E-state index in [4.69, 9.17) is 0 Å². The molecule has 1 aromatic carbocycles. The van der Waals surface area contributed by atoms with E-state index >= 15 is 0 Å². The van der Waals surface area contributed by atoms with Gasteiger partial charge in [-0.15, -0.1) is 0 Å². The third-order valence-corrected chi connectivity index (χ3v) is 5.01. The summed E-state index contributed by atoms with van der Waals surface area (Å²) in [6.07, 6.45) is 7.08. The van der Waals surface area contributed by atoms with Crippen LogP contribution in [0, 0.1) is 0 Å². The van der Waals surface area contributed by atoms with Crippen LogP contribution in [0.4, 0.5) is 0 Å². The lowest BCUT2D eigenvalue weighted by Gasteiger charge is -2.36. The highest BCUT2D eigenvalue weighted by atomic mass is 16.1. The van der Waals surface area contributed by atoms with E-state index < -0.39 is 0 Å². The van der Waals surface area contributed by atoms with Crippen LogP contribution in [-0.2, 0) is 24.2 Å². The third kappa shape index (κ3) is 3.46. The molecule has 0 saturated heterocycles. The molecule has 3 heteroatoms. The summed E-state index contributed by atoms with van der Waals surface area (Å²) < 4.78 is 0. The molecule has 3 rings (SSSR count). The molecule has 0 spiro atoms. The fraction of sp³-hybridized carbons (Fsp3) is 0.611. The Balaban J connectivity index is 1.63. The van der Waals surface area contributed by atoms with Crippen LogP contribution in [-0.4, -0.2) is 29.9 Å². The van der Waals surface area contributed by atoms with Gasteiger partial charge >= 0.3 is 0 Å². The van der Waals surface area contributed by atoms with Crippen LogP contribution < -0.4 is 5.32 Å². The molecule has 1 saturated carbocycles. The molecule has 1 aliphatic carbocycles. The molecule has 3 nitrogen and oxygen atoms in total. The number of carbonyl (C=O) groups is 1. The summed E-state index contributed by atoms with van der Waals surface area (Å²) in [5, 5.41) is 2.97. The smallest absolute Gasteiger partial charge is 0.219 e. The number of rotatable bonds is 4. The van der Waals surface area contributed by atoms with E-state index in [1.807, 2.05) is 6.92 Å². The van der Waals surface area contributed by atoms with Gasteiger partial charge in [-0.2, -0.15) is 0 Å². The normalized spacial score (nSPS) is 19.5. The largest absolute Gasteiger partial charge is 0.352 e. The van der Waals surface area contributed by atoms with E-state index in [1.165, 1.54) is 55.5 Å². The summed E-state index contributed by atoms with van der Waals surface area (Å²) >= 11 is 0. The van der Waals surface area contributed by atoms with Crippen molar-refractivity contribution in [2.45, 2.75) is 58.0 Å². The van der Waals surface area contributed by atoms with Crippen LogP contribution in [0.5, 0.6) is 0 Å². The predicted molar refractivity (Wildman–Crippen MR) is 85.2 cm³/mol. The van der Waals surface area contributed by atoms with Crippen LogP contribution in [0.3, 0.4) is 0 Å². The monoisotopic (exact) mass is 286 g/mol. The number of nitrogens with one attached hydrogen (secondary N) is 1. The summed E-state index contributed by atoms with van der Waals surface area (Å²) in [5.41, 5.74) is 4.22. The Bertz CT molecular complexity index is 508. The van der Waals surface area contributed by atoms with E-state index in [0.29, 0.717) is 13.0 Å². The van der Waals surface area contributed by atoms with Crippen molar-refractivity contribution in [1.82, 2.24) is 10.2 Å². The molecule has 1 aliphatic heterocycles. The molecule has 1 N–H and O–H groups in total. The number of carbonyl (C=O) groups excluding carboxylic acids is 1. The Hall–Kier alpha value is -1.35. The van der Waals surface area contributed by atoms with Crippen molar-refractivity contribution in [3.05, 3.63) is 34.9 Å². The average Bonchev–Trinajstić information content (AvgIpc) is 2.65. The Labute approximate surface area is 127 Å². The quantitative estimate of drug-likeness (QED) is 0.923. The number of hydrogen-bond acceptors (Lipinski definition) is 2. The van der Waals surface area contributed by atoms with Crippen molar-refractivity contribution >= 4 is 5.91 Å². The lowest BCUT2D eigenvalue weighted by molar-refractivity contribution is -0.120. The molecule has 0 unspecified atom stereocenters. The predicted octanol–water partition coefficient (Wildman–Crippen LogP) is 2.67. The molecule has 0 bridgehead atoms. The van der Waals surface area contributed by atoms with E-state index in [-0.39, 0.29) is 5.91 Å². The molecule has 21 heavy (non-hydrogen) atoms. The molecular weight excluding hydrogens is 260 g/mol. The summed E-state index contributed by atoms with van der Waals surface area (Å²) in [6, 6.07) is 7.60. The molecule has 1 fully saturated rings. The molecule has 2 aliphatic rings. The van der Waals surface area contributed by atoms with Gasteiger partial charge in [-0.3, -0.25) is 9.69 Å². The van der Waals surface area contributed by atoms with Gasteiger partial charge in [0.2, 0.25) is 5.91 Å². The highest BCUT2D eigenvalue weighted by molar-refractivity contribution is 5.75. The first-order chi connectivity index (χ1) is 10.3. The summed E-state index contributed by atoms with van der Waals surface area (Å²) in [6.45, 7) is 4.96. The van der Waals surface area contributed by atoms with Crippen molar-refractivity contribution in [3.63, 3.8) is 0 Å². The SMILES string of the molecule is CCC(=O)NCc1ccc2c(c1)CCN(C1CCC1)CC2. The maximum Gasteiger partial charge on any atom is 0.219 e. The van der Waals surface area contributed by atoms with Gasteiger partial charge in [-0.25, -0.2) is 0 Å². The molecule has 0 atom stereocenters. The summed E-state index contributed by atoms with van der Waals surface area (Å²) in [5.74, 6) is 0.126. The Morgan fingerprint density at radius 2 is 2.00 bits per heavy atom. The van der Waals surface area contributed by atoms with E-state index in [1.54, 1.807) is 0 Å². The number of nitrogens with zero attached hydrogens (tertiary/aromatic N) is 1. The summed E-state index contributed by atoms with van der Waals surface area (Å²) in [7, 11) is 0. The zero-order chi connectivity index (χ0) is 14.7. The first-order valence-electron chi connectivity index (χ1n) is 8.37. The van der Waals surface area contributed by atoms with Crippen molar-refractivity contribution in [2.24, 2.45) is 0 Å². The summed E-state index contributed by atoms with van der Waals surface area (Å²) in [4.78, 5) is 14.1. The van der Waals surface area contributed by atoms with Gasteiger partial charge in [-0.1, -0.05) is 31.5 Å². The van der Waals surface area contributed by atoms with Crippen LogP contribution in [0.1, 0.15) is 49.3 Å². The van der Waals surface area contributed by atoms with Gasteiger partial charge in [0.15, 0.2) is 0 Å². The lowest BCUT2D eigenvalue weighted by atomic mass is 9.91. The zero-order valence-corrected chi connectivity index (χ0v) is 13.0. The zero-order valence-electron chi connectivity index (χ0n) is 13.0. The van der Waals surface area contributed by atoms with Gasteiger partial charge in [0.25, 0.3) is 0 Å². The van der Waals surface area contributed by atoms with Gasteiger partial charge < -0.3 is 5.32 Å². The molecule has 1 aromatic rings. The number of fused-ring (bicyclic) bond motifs is 1. The molecule has 114 valence electrons. The minimum Gasteiger partial charge on any atom is -0.352 e. The van der Waals surface area contributed by atoms with Crippen LogP contribution in [0.25, 0.3) is 0 Å². The molecule has 0 radical (unpaired) electrons. The van der Waals surface area contributed by atoms with E-state index in [9.17, 15) is 4.79 Å². The number of benzene rings is 1. The van der Waals surface area contributed by atoms with Gasteiger partial charge in [-0.05, 0) is 42.4 Å². The van der Waals surface area contributed by atoms with Gasteiger partial charge in [0.05, 0.1) is 0 Å². The Kier molecular flexibility index (Phi) is 4.59. The van der Waals surface area contributed by atoms with Crippen molar-refractivity contribution < 1.29 is 4.79 Å². The fourth-order valence-corrected chi connectivity index (χ4v) is 3.35. The number of hydrogen-bond donors (Lipinski definition) is 1. The van der Waals surface area contributed by atoms with E-state index in [0.717, 1.165) is 12.5 Å². The molecule has 1 heterocycles. The lowest BCUT2D eigenvalue weighted by Crippen LogP contribution is -2.41. The second-order valence-corrected chi connectivity index (χ2v) is 6.35. The first-order valence-corrected chi connectivity index (χ1v) is 8.37.